The molecule has 5 atom stereocenters. The average molecular weight is 524 g/mol. The number of ether oxygens (including phenoxy) is 2. The van der Waals surface area contributed by atoms with Gasteiger partial charge in [-0.3, -0.25) is 14.5 Å². The molecule has 3 aromatic rings. The van der Waals surface area contributed by atoms with Gasteiger partial charge in [-0.2, -0.15) is 0 Å². The molecule has 7 heteroatoms. The van der Waals surface area contributed by atoms with Crippen LogP contribution >= 0.6 is 0 Å². The standard InChI is InChI=1S/C32H30N2O5/c1-38-23-14-12-21(13-15-23)19-39-32(37)30-26-17-24(22-10-6-3-7-11-22)25(26)18-27-29(31(36)34(27)30)33-28(35)16-20-8-4-2-5-9-20/h2-15,24-25,27,29H,16-19H2,1H3,(H,33,35)/t24-,25-,27+,29-/m0/s1/i17D/t17-,24-,25-,27+,29-. The molecular formula is C32H30N2O5. The van der Waals surface area contributed by atoms with Crippen LogP contribution in [-0.4, -0.2) is 41.9 Å². The molecule has 2 heterocycles. The average Bonchev–Trinajstić information content (AvgIpc) is 2.98. The molecule has 0 radical (unpaired) electrons. The summed E-state index contributed by atoms with van der Waals surface area (Å²) in [6, 6.07) is 25.3. The van der Waals surface area contributed by atoms with Crippen molar-refractivity contribution in [2.75, 3.05) is 7.11 Å². The third kappa shape index (κ3) is 4.69. The number of amides is 2. The zero-order valence-corrected chi connectivity index (χ0v) is 21.6. The molecule has 2 aliphatic heterocycles. The maximum Gasteiger partial charge on any atom is 0.355 e. The van der Waals surface area contributed by atoms with E-state index in [4.69, 9.17) is 10.8 Å². The lowest BCUT2D eigenvalue weighted by molar-refractivity contribution is -0.160. The van der Waals surface area contributed by atoms with Crippen LogP contribution in [0.4, 0.5) is 0 Å². The van der Waals surface area contributed by atoms with Gasteiger partial charge in [0, 0.05) is 1.37 Å². The number of fused-ring (bicyclic) bond motifs is 2. The number of hydrogen-bond donors (Lipinski definition) is 1. The summed E-state index contributed by atoms with van der Waals surface area (Å²) in [4.78, 5) is 41.2. The monoisotopic (exact) mass is 523 g/mol. The Balaban J connectivity index is 1.24. The summed E-state index contributed by atoms with van der Waals surface area (Å²) >= 11 is 0. The first-order valence-corrected chi connectivity index (χ1v) is 13.1. The number of benzene rings is 3. The normalized spacial score (nSPS) is 25.4. The number of nitrogens with one attached hydrogen (secondary N) is 1. The lowest BCUT2D eigenvalue weighted by Crippen LogP contribution is -2.73. The van der Waals surface area contributed by atoms with Crippen molar-refractivity contribution >= 4 is 17.8 Å². The van der Waals surface area contributed by atoms with Crippen molar-refractivity contribution in [2.45, 2.75) is 43.8 Å². The Labute approximate surface area is 228 Å². The van der Waals surface area contributed by atoms with Gasteiger partial charge in [-0.1, -0.05) is 72.8 Å². The fourth-order valence-electron chi connectivity index (χ4n) is 5.82. The van der Waals surface area contributed by atoms with Crippen molar-refractivity contribution in [3.63, 3.8) is 0 Å². The second-order valence-electron chi connectivity index (χ2n) is 10.2. The van der Waals surface area contributed by atoms with Crippen LogP contribution in [0.1, 0.15) is 36.8 Å². The van der Waals surface area contributed by atoms with Crippen LogP contribution < -0.4 is 10.1 Å². The number of nitrogens with zero attached hydrogens (tertiary/aromatic N) is 1. The molecular weight excluding hydrogens is 492 g/mol. The Bertz CT molecular complexity index is 1460. The van der Waals surface area contributed by atoms with E-state index in [2.05, 4.69) is 5.32 Å². The van der Waals surface area contributed by atoms with Crippen LogP contribution in [0.25, 0.3) is 0 Å². The fraction of sp³-hybridized carbons (Fsp3) is 0.281. The minimum absolute atomic E-state index is 0.0268. The Morgan fingerprint density at radius 2 is 1.64 bits per heavy atom. The molecule has 3 aliphatic rings. The number of β-lactam (4-membered cyclic amide) rings is 1. The van der Waals surface area contributed by atoms with E-state index in [9.17, 15) is 14.4 Å². The van der Waals surface area contributed by atoms with Gasteiger partial charge in [0.2, 0.25) is 5.91 Å². The van der Waals surface area contributed by atoms with Crippen LogP contribution in [0, 0.1) is 5.92 Å². The van der Waals surface area contributed by atoms with Crippen LogP contribution in [0.15, 0.2) is 96.2 Å². The fourth-order valence-corrected chi connectivity index (χ4v) is 5.82. The molecule has 0 bridgehead atoms. The van der Waals surface area contributed by atoms with Crippen LogP contribution in [0.3, 0.4) is 0 Å². The first-order chi connectivity index (χ1) is 19.5. The number of allylic oxidation sites excluding steroid dienone is 1. The van der Waals surface area contributed by atoms with Crippen molar-refractivity contribution < 1.29 is 25.2 Å². The summed E-state index contributed by atoms with van der Waals surface area (Å²) in [7, 11) is 1.58. The molecule has 198 valence electrons. The maximum atomic E-state index is 13.5. The lowest BCUT2D eigenvalue weighted by Gasteiger charge is -2.57. The van der Waals surface area contributed by atoms with Gasteiger partial charge in [0.25, 0.3) is 5.91 Å². The summed E-state index contributed by atoms with van der Waals surface area (Å²) in [5.74, 6) is -0.691. The third-order valence-corrected chi connectivity index (χ3v) is 7.85. The molecule has 1 saturated heterocycles. The molecule has 6 rings (SSSR count). The van der Waals surface area contributed by atoms with E-state index in [0.717, 1.165) is 16.7 Å². The maximum absolute atomic E-state index is 13.5. The van der Waals surface area contributed by atoms with E-state index < -0.39 is 18.4 Å². The highest BCUT2D eigenvalue weighted by atomic mass is 16.5. The quantitative estimate of drug-likeness (QED) is 0.354. The Kier molecular flexibility index (Phi) is 6.32. The molecule has 1 aliphatic carbocycles. The second-order valence-corrected chi connectivity index (χ2v) is 10.2. The number of carbonyl (C=O) groups excluding carboxylic acids is 3. The summed E-state index contributed by atoms with van der Waals surface area (Å²) in [5, 5.41) is 2.90. The molecule has 1 N–H and O–H groups in total. The smallest absolute Gasteiger partial charge is 0.355 e. The molecule has 0 unspecified atom stereocenters. The summed E-state index contributed by atoms with van der Waals surface area (Å²) in [6.07, 6.45) is 0.0816. The van der Waals surface area contributed by atoms with E-state index in [1.54, 1.807) is 19.2 Å². The second kappa shape index (κ2) is 10.4. The van der Waals surface area contributed by atoms with E-state index in [1.807, 2.05) is 72.8 Å². The summed E-state index contributed by atoms with van der Waals surface area (Å²) < 4.78 is 19.8. The molecule has 2 fully saturated rings. The number of rotatable bonds is 8. The van der Waals surface area contributed by atoms with Crippen LogP contribution in [0.5, 0.6) is 5.75 Å². The highest BCUT2D eigenvalue weighted by Gasteiger charge is 2.59. The third-order valence-electron chi connectivity index (χ3n) is 7.85. The van der Waals surface area contributed by atoms with Gasteiger partial charge in [-0.15, -0.1) is 0 Å². The van der Waals surface area contributed by atoms with Gasteiger partial charge >= 0.3 is 5.97 Å². The van der Waals surface area contributed by atoms with Crippen molar-refractivity contribution in [1.82, 2.24) is 10.2 Å². The number of esters is 1. The zero-order chi connectivity index (χ0) is 27.8. The number of hydrogen-bond acceptors (Lipinski definition) is 5. The van der Waals surface area contributed by atoms with Crippen molar-refractivity contribution in [1.29, 1.82) is 0 Å². The van der Waals surface area contributed by atoms with Gasteiger partial charge < -0.3 is 14.8 Å². The van der Waals surface area contributed by atoms with Gasteiger partial charge in [0.05, 0.1) is 19.6 Å². The zero-order valence-electron chi connectivity index (χ0n) is 22.6. The molecule has 2 amide bonds. The Morgan fingerprint density at radius 3 is 2.33 bits per heavy atom. The first-order valence-electron chi connectivity index (χ1n) is 13.7. The number of methoxy groups -OCH3 is 1. The minimum Gasteiger partial charge on any atom is -0.497 e. The molecule has 0 aromatic heterocycles. The highest BCUT2D eigenvalue weighted by Crippen LogP contribution is 2.56. The minimum atomic E-state index is -0.719. The van der Waals surface area contributed by atoms with Gasteiger partial charge in [0.1, 0.15) is 24.1 Å². The SMILES string of the molecule is [2H][C@@H]1C2=C(C(=O)OCc3ccc(OC)cc3)N3C(=O)[C@@H](NC(=O)Cc4ccccc4)[C@H]3C[C@H]2[C@@H]1c1ccccc1. The molecule has 7 nitrogen and oxygen atoms in total. The van der Waals surface area contributed by atoms with Crippen molar-refractivity contribution in [2.24, 2.45) is 5.92 Å². The van der Waals surface area contributed by atoms with Crippen molar-refractivity contribution in [3.05, 3.63) is 113 Å². The summed E-state index contributed by atoms with van der Waals surface area (Å²) in [5.41, 5.74) is 3.49. The predicted molar refractivity (Wildman–Crippen MR) is 144 cm³/mol. The van der Waals surface area contributed by atoms with Crippen molar-refractivity contribution in [3.8, 4) is 5.75 Å². The molecule has 1 saturated carbocycles. The molecule has 39 heavy (non-hydrogen) atoms. The van der Waals surface area contributed by atoms with Gasteiger partial charge in [0.15, 0.2) is 0 Å². The Morgan fingerprint density at radius 1 is 0.949 bits per heavy atom. The van der Waals surface area contributed by atoms with E-state index in [-0.39, 0.29) is 48.4 Å². The van der Waals surface area contributed by atoms with Gasteiger partial charge in [-0.25, -0.2) is 4.79 Å². The summed E-state index contributed by atoms with van der Waals surface area (Å²) in [6.45, 7) is 0.0268. The van der Waals surface area contributed by atoms with E-state index in [0.29, 0.717) is 17.7 Å². The van der Waals surface area contributed by atoms with Gasteiger partial charge in [-0.05, 0) is 59.0 Å². The lowest BCUT2D eigenvalue weighted by atomic mass is 9.59. The topological polar surface area (TPSA) is 84.9 Å². The first kappa shape index (κ1) is 23.7. The largest absolute Gasteiger partial charge is 0.497 e. The molecule has 3 aromatic carbocycles. The van der Waals surface area contributed by atoms with E-state index >= 15 is 0 Å². The van der Waals surface area contributed by atoms with Crippen LogP contribution in [-0.2, 0) is 32.1 Å². The Hall–Kier alpha value is -4.39. The van der Waals surface area contributed by atoms with Crippen LogP contribution in [0.2, 0.25) is 0 Å². The van der Waals surface area contributed by atoms with E-state index in [1.165, 1.54) is 4.90 Å². The number of carbonyl (C=O) groups is 3. The predicted octanol–water partition coefficient (Wildman–Crippen LogP) is 4.14. The molecule has 0 spiro atoms. The highest BCUT2D eigenvalue weighted by molar-refractivity contribution is 6.02.